The minimum absolute atomic E-state index is 0.113. The summed E-state index contributed by atoms with van der Waals surface area (Å²) >= 11 is 0. The Morgan fingerprint density at radius 2 is 1.87 bits per heavy atom. The Bertz CT molecular complexity index is 694. The molecule has 2 aromatic rings. The number of amides is 1. The van der Waals surface area contributed by atoms with Crippen molar-refractivity contribution in [1.29, 1.82) is 0 Å². The SMILES string of the molecule is CC(=O)NCCN(Cc1cccc2ccccc12)C(C)C(=O)O. The fourth-order valence-corrected chi connectivity index (χ4v) is 2.59. The number of benzene rings is 2. The molecule has 0 aliphatic carbocycles. The largest absolute Gasteiger partial charge is 0.480 e. The molecular weight excluding hydrogens is 292 g/mol. The monoisotopic (exact) mass is 314 g/mol. The zero-order valence-corrected chi connectivity index (χ0v) is 13.5. The van der Waals surface area contributed by atoms with Gasteiger partial charge in [0, 0.05) is 26.6 Å². The second kappa shape index (κ2) is 7.74. The molecule has 0 bridgehead atoms. The summed E-state index contributed by atoms with van der Waals surface area (Å²) in [5, 5.41) is 14.3. The molecule has 1 atom stereocenters. The molecule has 0 saturated heterocycles. The smallest absolute Gasteiger partial charge is 0.320 e. The molecule has 0 spiro atoms. The van der Waals surface area contributed by atoms with Gasteiger partial charge in [-0.05, 0) is 23.3 Å². The predicted molar refractivity (Wildman–Crippen MR) is 90.1 cm³/mol. The Morgan fingerprint density at radius 1 is 1.17 bits per heavy atom. The summed E-state index contributed by atoms with van der Waals surface area (Å²) in [5.41, 5.74) is 1.08. The maximum Gasteiger partial charge on any atom is 0.320 e. The Hall–Kier alpha value is -2.40. The molecule has 122 valence electrons. The number of rotatable bonds is 7. The standard InChI is InChI=1S/C18H22N2O3/c1-13(18(22)23)20(11-10-19-14(2)21)12-16-8-5-7-15-6-3-4-9-17(15)16/h3-9,13H,10-12H2,1-2H3,(H,19,21)(H,22,23). The number of nitrogens with one attached hydrogen (secondary N) is 1. The van der Waals surface area contributed by atoms with Gasteiger partial charge in [0.05, 0.1) is 0 Å². The van der Waals surface area contributed by atoms with Gasteiger partial charge >= 0.3 is 5.97 Å². The van der Waals surface area contributed by atoms with Gasteiger partial charge in [-0.2, -0.15) is 0 Å². The number of carbonyl (C=O) groups excluding carboxylic acids is 1. The lowest BCUT2D eigenvalue weighted by Crippen LogP contribution is -2.42. The van der Waals surface area contributed by atoms with Crippen LogP contribution in [0.3, 0.4) is 0 Å². The van der Waals surface area contributed by atoms with Crippen LogP contribution in [0.1, 0.15) is 19.4 Å². The number of aliphatic carboxylic acids is 1. The van der Waals surface area contributed by atoms with E-state index in [1.165, 1.54) is 6.92 Å². The first-order chi connectivity index (χ1) is 11.0. The van der Waals surface area contributed by atoms with E-state index in [0.717, 1.165) is 16.3 Å². The van der Waals surface area contributed by atoms with Gasteiger partial charge in [0.15, 0.2) is 0 Å². The lowest BCUT2D eigenvalue weighted by Gasteiger charge is -2.27. The van der Waals surface area contributed by atoms with Crippen molar-refractivity contribution >= 4 is 22.6 Å². The van der Waals surface area contributed by atoms with Gasteiger partial charge in [-0.25, -0.2) is 0 Å². The van der Waals surface area contributed by atoms with E-state index in [9.17, 15) is 14.7 Å². The molecule has 0 aromatic heterocycles. The van der Waals surface area contributed by atoms with Crippen molar-refractivity contribution in [3.63, 3.8) is 0 Å². The van der Waals surface area contributed by atoms with Crippen LogP contribution in [0.2, 0.25) is 0 Å². The van der Waals surface area contributed by atoms with E-state index in [4.69, 9.17) is 0 Å². The Labute approximate surface area is 135 Å². The van der Waals surface area contributed by atoms with Crippen molar-refractivity contribution in [3.05, 3.63) is 48.0 Å². The third kappa shape index (κ3) is 4.53. The average Bonchev–Trinajstić information content (AvgIpc) is 2.53. The van der Waals surface area contributed by atoms with E-state index >= 15 is 0 Å². The van der Waals surface area contributed by atoms with Gasteiger partial charge < -0.3 is 10.4 Å². The van der Waals surface area contributed by atoms with E-state index in [1.54, 1.807) is 6.92 Å². The van der Waals surface area contributed by atoms with Gasteiger partial charge in [-0.1, -0.05) is 42.5 Å². The molecule has 5 heteroatoms. The number of carbonyl (C=O) groups is 2. The molecule has 0 aliphatic rings. The molecule has 2 aromatic carbocycles. The van der Waals surface area contributed by atoms with Crippen molar-refractivity contribution in [2.24, 2.45) is 0 Å². The average molecular weight is 314 g/mol. The highest BCUT2D eigenvalue weighted by Crippen LogP contribution is 2.20. The fraction of sp³-hybridized carbons (Fsp3) is 0.333. The molecule has 0 saturated carbocycles. The van der Waals surface area contributed by atoms with Crippen LogP contribution in [0.4, 0.5) is 0 Å². The molecule has 5 nitrogen and oxygen atoms in total. The maximum absolute atomic E-state index is 11.4. The zero-order valence-electron chi connectivity index (χ0n) is 13.5. The van der Waals surface area contributed by atoms with Crippen LogP contribution in [0, 0.1) is 0 Å². The van der Waals surface area contributed by atoms with E-state index in [-0.39, 0.29) is 5.91 Å². The minimum Gasteiger partial charge on any atom is -0.480 e. The summed E-state index contributed by atoms with van der Waals surface area (Å²) in [6, 6.07) is 13.5. The molecule has 2 N–H and O–H groups in total. The lowest BCUT2D eigenvalue weighted by atomic mass is 10.0. The van der Waals surface area contributed by atoms with Gasteiger partial charge in [0.2, 0.25) is 5.91 Å². The van der Waals surface area contributed by atoms with E-state index in [0.29, 0.717) is 19.6 Å². The number of hydrogen-bond acceptors (Lipinski definition) is 3. The summed E-state index contributed by atoms with van der Waals surface area (Å²) in [5.74, 6) is -0.980. The quantitative estimate of drug-likeness (QED) is 0.822. The first-order valence-electron chi connectivity index (χ1n) is 7.67. The van der Waals surface area contributed by atoms with Crippen molar-refractivity contribution in [3.8, 4) is 0 Å². The lowest BCUT2D eigenvalue weighted by molar-refractivity contribution is -0.142. The Morgan fingerprint density at radius 3 is 2.57 bits per heavy atom. The first kappa shape index (κ1) is 17.0. The van der Waals surface area contributed by atoms with E-state index in [1.807, 2.05) is 47.4 Å². The van der Waals surface area contributed by atoms with Crippen molar-refractivity contribution in [1.82, 2.24) is 10.2 Å². The van der Waals surface area contributed by atoms with Gasteiger partial charge in [0.25, 0.3) is 0 Å². The maximum atomic E-state index is 11.4. The highest BCUT2D eigenvalue weighted by Gasteiger charge is 2.21. The molecule has 1 amide bonds. The van der Waals surface area contributed by atoms with Crippen LogP contribution in [-0.2, 0) is 16.1 Å². The number of carboxylic acids is 1. The zero-order chi connectivity index (χ0) is 16.8. The first-order valence-corrected chi connectivity index (χ1v) is 7.67. The normalized spacial score (nSPS) is 12.3. The number of hydrogen-bond donors (Lipinski definition) is 2. The summed E-state index contributed by atoms with van der Waals surface area (Å²) in [7, 11) is 0. The molecular formula is C18H22N2O3. The Kier molecular flexibility index (Phi) is 5.71. The molecule has 0 aliphatic heterocycles. The summed E-state index contributed by atoms with van der Waals surface area (Å²) in [6.45, 7) is 4.55. The molecule has 2 rings (SSSR count). The van der Waals surface area contributed by atoms with E-state index < -0.39 is 12.0 Å². The number of nitrogens with zero attached hydrogens (tertiary/aromatic N) is 1. The van der Waals surface area contributed by atoms with Gasteiger partial charge in [0.1, 0.15) is 6.04 Å². The summed E-state index contributed by atoms with van der Waals surface area (Å²) < 4.78 is 0. The van der Waals surface area contributed by atoms with Crippen molar-refractivity contribution < 1.29 is 14.7 Å². The van der Waals surface area contributed by atoms with Crippen LogP contribution in [0.5, 0.6) is 0 Å². The van der Waals surface area contributed by atoms with Crippen LogP contribution in [0.15, 0.2) is 42.5 Å². The van der Waals surface area contributed by atoms with Crippen LogP contribution in [0.25, 0.3) is 10.8 Å². The van der Waals surface area contributed by atoms with Gasteiger partial charge in [-0.15, -0.1) is 0 Å². The molecule has 0 heterocycles. The van der Waals surface area contributed by atoms with Crippen molar-refractivity contribution in [2.45, 2.75) is 26.4 Å². The summed E-state index contributed by atoms with van der Waals surface area (Å²) in [6.07, 6.45) is 0. The van der Waals surface area contributed by atoms with Gasteiger partial charge in [-0.3, -0.25) is 14.5 Å². The minimum atomic E-state index is -0.868. The summed E-state index contributed by atoms with van der Waals surface area (Å²) in [4.78, 5) is 24.2. The highest BCUT2D eigenvalue weighted by atomic mass is 16.4. The number of fused-ring (bicyclic) bond motifs is 1. The third-order valence-electron chi connectivity index (χ3n) is 3.93. The topological polar surface area (TPSA) is 69.6 Å². The molecule has 0 fully saturated rings. The highest BCUT2D eigenvalue weighted by molar-refractivity contribution is 5.85. The molecule has 23 heavy (non-hydrogen) atoms. The van der Waals surface area contributed by atoms with Crippen LogP contribution >= 0.6 is 0 Å². The van der Waals surface area contributed by atoms with Crippen LogP contribution in [-0.4, -0.2) is 41.0 Å². The molecule has 0 radical (unpaired) electrons. The second-order valence-corrected chi connectivity index (χ2v) is 5.61. The predicted octanol–water partition coefficient (Wildman–Crippen LogP) is 2.25. The number of carboxylic acid groups (broad SMARTS) is 1. The van der Waals surface area contributed by atoms with Crippen molar-refractivity contribution in [2.75, 3.05) is 13.1 Å². The third-order valence-corrected chi connectivity index (χ3v) is 3.93. The Balaban J connectivity index is 2.21. The van der Waals surface area contributed by atoms with E-state index in [2.05, 4.69) is 5.32 Å². The second-order valence-electron chi connectivity index (χ2n) is 5.61. The van der Waals surface area contributed by atoms with Crippen LogP contribution < -0.4 is 5.32 Å². The molecule has 1 unspecified atom stereocenters. The fourth-order valence-electron chi connectivity index (χ4n) is 2.59.